The van der Waals surface area contributed by atoms with Crippen LogP contribution < -0.4 is 5.32 Å². The molecule has 0 atom stereocenters. The Morgan fingerprint density at radius 2 is 2.16 bits per heavy atom. The van der Waals surface area contributed by atoms with E-state index in [0.29, 0.717) is 25.1 Å². The molecular weight excluding hydrogens is 246 g/mol. The van der Waals surface area contributed by atoms with Crippen LogP contribution in [-0.4, -0.2) is 29.2 Å². The zero-order valence-electron chi connectivity index (χ0n) is 10.9. The van der Waals surface area contributed by atoms with Crippen molar-refractivity contribution < 1.29 is 9.66 Å². The molecule has 1 aromatic rings. The molecule has 1 aromatic heterocycles. The molecule has 0 bridgehead atoms. The van der Waals surface area contributed by atoms with E-state index in [9.17, 15) is 10.1 Å². The summed E-state index contributed by atoms with van der Waals surface area (Å²) in [6.45, 7) is 1.31. The molecule has 1 aliphatic carbocycles. The van der Waals surface area contributed by atoms with Gasteiger partial charge < -0.3 is 10.1 Å². The normalized spacial score (nSPS) is 16.2. The monoisotopic (exact) mass is 265 g/mol. The van der Waals surface area contributed by atoms with Crippen molar-refractivity contribution in [2.45, 2.75) is 38.2 Å². The highest BCUT2D eigenvalue weighted by Gasteiger charge is 2.13. The van der Waals surface area contributed by atoms with Crippen LogP contribution >= 0.6 is 0 Å². The van der Waals surface area contributed by atoms with Crippen LogP contribution in [0.25, 0.3) is 0 Å². The molecule has 6 nitrogen and oxygen atoms in total. The number of aromatic nitrogens is 1. The first-order valence-electron chi connectivity index (χ1n) is 6.71. The van der Waals surface area contributed by atoms with Crippen molar-refractivity contribution in [2.75, 3.05) is 18.5 Å². The van der Waals surface area contributed by atoms with Crippen LogP contribution in [0.2, 0.25) is 0 Å². The number of nitrogens with one attached hydrogen (secondary N) is 1. The summed E-state index contributed by atoms with van der Waals surface area (Å²) in [5.41, 5.74) is 0.00371. The number of ether oxygens (including phenoxy) is 1. The molecule has 0 aromatic carbocycles. The van der Waals surface area contributed by atoms with Gasteiger partial charge in [0.25, 0.3) is 5.69 Å². The molecule has 104 valence electrons. The maximum Gasteiger partial charge on any atom is 0.287 e. The summed E-state index contributed by atoms with van der Waals surface area (Å²) < 4.78 is 5.77. The minimum absolute atomic E-state index is 0.00371. The van der Waals surface area contributed by atoms with Crippen molar-refractivity contribution in [1.29, 1.82) is 0 Å². The highest BCUT2D eigenvalue weighted by Crippen LogP contribution is 2.20. The molecule has 1 fully saturated rings. The third-order valence-corrected chi connectivity index (χ3v) is 3.27. The SMILES string of the molecule is O=[N+]([O-])c1ccc(NCCOC2CCCCC2)nc1. The smallest absolute Gasteiger partial charge is 0.287 e. The van der Waals surface area contributed by atoms with Gasteiger partial charge in [-0.2, -0.15) is 0 Å². The molecule has 0 saturated heterocycles. The molecule has 1 saturated carbocycles. The summed E-state index contributed by atoms with van der Waals surface area (Å²) in [5, 5.41) is 13.6. The molecule has 0 amide bonds. The van der Waals surface area contributed by atoms with E-state index >= 15 is 0 Å². The fraction of sp³-hybridized carbons (Fsp3) is 0.615. The van der Waals surface area contributed by atoms with Gasteiger partial charge in [-0.3, -0.25) is 10.1 Å². The molecule has 0 unspecified atom stereocenters. The highest BCUT2D eigenvalue weighted by molar-refractivity contribution is 5.39. The van der Waals surface area contributed by atoms with Crippen molar-refractivity contribution in [1.82, 2.24) is 4.98 Å². The van der Waals surface area contributed by atoms with E-state index in [2.05, 4.69) is 10.3 Å². The maximum absolute atomic E-state index is 10.5. The summed E-state index contributed by atoms with van der Waals surface area (Å²) >= 11 is 0. The first-order valence-corrected chi connectivity index (χ1v) is 6.71. The lowest BCUT2D eigenvalue weighted by atomic mass is 9.98. The van der Waals surface area contributed by atoms with Crippen molar-refractivity contribution in [3.05, 3.63) is 28.4 Å². The van der Waals surface area contributed by atoms with Crippen LogP contribution in [0, 0.1) is 10.1 Å². The van der Waals surface area contributed by atoms with Crippen LogP contribution in [0.5, 0.6) is 0 Å². The van der Waals surface area contributed by atoms with Crippen molar-refractivity contribution in [2.24, 2.45) is 0 Å². The third-order valence-electron chi connectivity index (χ3n) is 3.27. The Balaban J connectivity index is 1.66. The van der Waals surface area contributed by atoms with E-state index in [1.54, 1.807) is 6.07 Å². The van der Waals surface area contributed by atoms with Crippen molar-refractivity contribution in [3.63, 3.8) is 0 Å². The molecule has 1 N–H and O–H groups in total. The molecule has 1 heterocycles. The second kappa shape index (κ2) is 7.04. The van der Waals surface area contributed by atoms with E-state index in [0.717, 1.165) is 12.8 Å². The van der Waals surface area contributed by atoms with Crippen molar-refractivity contribution in [3.8, 4) is 0 Å². The van der Waals surface area contributed by atoms with Gasteiger partial charge in [0.05, 0.1) is 17.6 Å². The van der Waals surface area contributed by atoms with Crippen LogP contribution in [0.1, 0.15) is 32.1 Å². The van der Waals surface area contributed by atoms with Gasteiger partial charge >= 0.3 is 0 Å². The quantitative estimate of drug-likeness (QED) is 0.486. The van der Waals surface area contributed by atoms with Crippen LogP contribution in [0.15, 0.2) is 18.3 Å². The second-order valence-corrected chi connectivity index (χ2v) is 4.72. The van der Waals surface area contributed by atoms with Crippen LogP contribution in [-0.2, 0) is 4.74 Å². The van der Waals surface area contributed by atoms with Gasteiger partial charge in [-0.1, -0.05) is 19.3 Å². The lowest BCUT2D eigenvalue weighted by Crippen LogP contribution is -2.20. The van der Waals surface area contributed by atoms with Crippen LogP contribution in [0.3, 0.4) is 0 Å². The van der Waals surface area contributed by atoms with Gasteiger partial charge in [-0.15, -0.1) is 0 Å². The van der Waals surface area contributed by atoms with Gasteiger partial charge in [0.15, 0.2) is 0 Å². The number of pyridine rings is 1. The molecular formula is C13H19N3O3. The summed E-state index contributed by atoms with van der Waals surface area (Å²) in [7, 11) is 0. The average Bonchev–Trinajstić information content (AvgIpc) is 2.45. The molecule has 0 spiro atoms. The molecule has 6 heteroatoms. The van der Waals surface area contributed by atoms with E-state index in [1.165, 1.54) is 31.5 Å². The average molecular weight is 265 g/mol. The lowest BCUT2D eigenvalue weighted by Gasteiger charge is -2.22. The Labute approximate surface area is 112 Å². The van der Waals surface area contributed by atoms with E-state index in [1.807, 2.05) is 0 Å². The third kappa shape index (κ3) is 4.48. The van der Waals surface area contributed by atoms with Crippen LogP contribution in [0.4, 0.5) is 11.5 Å². The Kier molecular flexibility index (Phi) is 5.09. The zero-order valence-corrected chi connectivity index (χ0v) is 10.9. The summed E-state index contributed by atoms with van der Waals surface area (Å²) in [4.78, 5) is 14.0. The number of rotatable bonds is 6. The predicted molar refractivity (Wildman–Crippen MR) is 72.2 cm³/mol. The minimum Gasteiger partial charge on any atom is -0.376 e. The Morgan fingerprint density at radius 1 is 1.37 bits per heavy atom. The van der Waals surface area contributed by atoms with Gasteiger partial charge in [0.2, 0.25) is 0 Å². The number of hydrogen-bond acceptors (Lipinski definition) is 5. The maximum atomic E-state index is 10.5. The summed E-state index contributed by atoms with van der Waals surface area (Å²) in [6.07, 6.45) is 7.84. The fourth-order valence-electron chi connectivity index (χ4n) is 2.24. The first kappa shape index (κ1) is 13.7. The summed E-state index contributed by atoms with van der Waals surface area (Å²) in [6, 6.07) is 3.05. The first-order chi connectivity index (χ1) is 9.25. The van der Waals surface area contributed by atoms with Gasteiger partial charge in [0, 0.05) is 12.6 Å². The van der Waals surface area contributed by atoms with Gasteiger partial charge in [0.1, 0.15) is 12.0 Å². The standard InChI is InChI=1S/C13H19N3O3/c17-16(18)11-6-7-13(15-10-11)14-8-9-19-12-4-2-1-3-5-12/h6-7,10,12H,1-5,8-9H2,(H,14,15). The Hall–Kier alpha value is -1.69. The number of hydrogen-bond donors (Lipinski definition) is 1. The summed E-state index contributed by atoms with van der Waals surface area (Å²) in [5.74, 6) is 0.637. The molecule has 19 heavy (non-hydrogen) atoms. The number of anilines is 1. The molecule has 2 rings (SSSR count). The van der Waals surface area contributed by atoms with Gasteiger partial charge in [-0.05, 0) is 18.9 Å². The zero-order chi connectivity index (χ0) is 13.5. The molecule has 1 aliphatic rings. The topological polar surface area (TPSA) is 77.3 Å². The van der Waals surface area contributed by atoms with Crippen molar-refractivity contribution >= 4 is 11.5 Å². The van der Waals surface area contributed by atoms with E-state index < -0.39 is 4.92 Å². The van der Waals surface area contributed by atoms with Gasteiger partial charge in [-0.25, -0.2) is 4.98 Å². The predicted octanol–water partition coefficient (Wildman–Crippen LogP) is 2.75. The fourth-order valence-corrected chi connectivity index (χ4v) is 2.24. The Bertz CT molecular complexity index is 402. The van der Waals surface area contributed by atoms with E-state index in [4.69, 9.17) is 4.74 Å². The van der Waals surface area contributed by atoms with E-state index in [-0.39, 0.29) is 5.69 Å². The molecule has 0 aliphatic heterocycles. The second-order valence-electron chi connectivity index (χ2n) is 4.72. The minimum atomic E-state index is -0.455. The highest BCUT2D eigenvalue weighted by atomic mass is 16.6. The lowest BCUT2D eigenvalue weighted by molar-refractivity contribution is -0.385. The number of nitro groups is 1. The Morgan fingerprint density at radius 3 is 2.79 bits per heavy atom. The number of nitrogens with zero attached hydrogens (tertiary/aromatic N) is 2. The largest absolute Gasteiger partial charge is 0.376 e. The molecule has 0 radical (unpaired) electrons.